The highest BCUT2D eigenvalue weighted by molar-refractivity contribution is 5.76. The molecule has 0 spiro atoms. The summed E-state index contributed by atoms with van der Waals surface area (Å²) >= 11 is 0. The van der Waals surface area contributed by atoms with Gasteiger partial charge in [0.25, 0.3) is 0 Å². The molecule has 0 aliphatic rings. The molecule has 180 valence electrons. The monoisotopic (exact) mass is 474 g/mol. The molecule has 0 atom stereocenters. The molecule has 1 N–H and O–H groups in total. The molecule has 0 bridgehead atoms. The van der Waals surface area contributed by atoms with Gasteiger partial charge in [-0.25, -0.2) is 4.79 Å². The van der Waals surface area contributed by atoms with E-state index in [0.717, 1.165) is 17.7 Å². The summed E-state index contributed by atoms with van der Waals surface area (Å²) in [6.07, 6.45) is 0.0349. The molecule has 0 aliphatic heterocycles. The number of carboxylic acids is 1. The van der Waals surface area contributed by atoms with E-state index in [-0.39, 0.29) is 0 Å². The molecule has 2 aromatic carbocycles. The highest BCUT2D eigenvalue weighted by Crippen LogP contribution is 2.32. The maximum atomic E-state index is 12.7. The minimum atomic E-state index is -4.37. The van der Waals surface area contributed by atoms with Crippen LogP contribution in [0.25, 0.3) is 17.4 Å². The molecule has 8 heteroatoms. The third-order valence-electron chi connectivity index (χ3n) is 5.02. The lowest BCUT2D eigenvalue weighted by Gasteiger charge is -2.21. The van der Waals surface area contributed by atoms with Gasteiger partial charge in [0.1, 0.15) is 23.0 Å². The quantitative estimate of drug-likeness (QED) is 0.338. The van der Waals surface area contributed by atoms with Gasteiger partial charge >= 0.3 is 12.1 Å². The van der Waals surface area contributed by atoms with E-state index >= 15 is 0 Å². The Kier molecular flexibility index (Phi) is 7.39. The first-order chi connectivity index (χ1) is 16.0. The molecule has 34 heavy (non-hydrogen) atoms. The zero-order valence-electron chi connectivity index (χ0n) is 19.0. The molecule has 0 amide bonds. The number of carboxylic acid groups (broad SMARTS) is 1. The van der Waals surface area contributed by atoms with Gasteiger partial charge < -0.3 is 19.0 Å². The topological polar surface area (TPSA) is 68.9 Å². The lowest BCUT2D eigenvalue weighted by Crippen LogP contribution is -2.37. The summed E-state index contributed by atoms with van der Waals surface area (Å²) < 4.78 is 55.0. The van der Waals surface area contributed by atoms with Crippen molar-refractivity contribution in [3.8, 4) is 22.8 Å². The van der Waals surface area contributed by atoms with Crippen LogP contribution in [0.15, 0.2) is 65.1 Å². The van der Waals surface area contributed by atoms with E-state index in [1.807, 2.05) is 12.2 Å². The van der Waals surface area contributed by atoms with Gasteiger partial charge in [-0.15, -0.1) is 0 Å². The van der Waals surface area contributed by atoms with Crippen molar-refractivity contribution in [1.29, 1.82) is 0 Å². The van der Waals surface area contributed by atoms with Crippen LogP contribution in [0.4, 0.5) is 13.2 Å². The summed E-state index contributed by atoms with van der Waals surface area (Å²) in [6, 6.07) is 13.3. The van der Waals surface area contributed by atoms with Crippen LogP contribution in [0.3, 0.4) is 0 Å². The molecule has 5 nitrogen and oxygen atoms in total. The van der Waals surface area contributed by atoms with Gasteiger partial charge in [0.05, 0.1) is 12.2 Å². The van der Waals surface area contributed by atoms with Crippen LogP contribution in [-0.4, -0.2) is 23.3 Å². The van der Waals surface area contributed by atoms with Crippen molar-refractivity contribution >= 4 is 12.0 Å². The zero-order chi connectivity index (χ0) is 24.9. The number of aryl methyl sites for hydroxylation is 1. The largest absolute Gasteiger partial charge is 0.493 e. The minimum Gasteiger partial charge on any atom is -0.493 e. The van der Waals surface area contributed by atoms with Gasteiger partial charge in [0.2, 0.25) is 0 Å². The fourth-order valence-electron chi connectivity index (χ4n) is 3.02. The number of rotatable bonds is 9. The van der Waals surface area contributed by atoms with Crippen LogP contribution in [0, 0.1) is 6.92 Å². The zero-order valence-corrected chi connectivity index (χ0v) is 19.0. The van der Waals surface area contributed by atoms with Gasteiger partial charge in [-0.05, 0) is 69.7 Å². The fraction of sp³-hybridized carbons (Fsp3) is 0.269. The molecule has 0 saturated carbocycles. The van der Waals surface area contributed by atoms with Crippen LogP contribution in [0.5, 0.6) is 11.5 Å². The SMILES string of the molecule is Cc1oc(-c2ccc(C(F)(F)F)cc2)cc1/C=C/CCOc1ccc(OC(C)(C)C(=O)O)cc1. The highest BCUT2D eigenvalue weighted by atomic mass is 19.4. The second-order valence-electron chi connectivity index (χ2n) is 8.13. The smallest absolute Gasteiger partial charge is 0.416 e. The molecule has 0 fully saturated rings. The summed E-state index contributed by atoms with van der Waals surface area (Å²) in [5.74, 6) is 1.15. The Hall–Kier alpha value is -3.68. The number of furan rings is 1. The van der Waals surface area contributed by atoms with Crippen molar-refractivity contribution in [2.75, 3.05) is 6.61 Å². The van der Waals surface area contributed by atoms with Crippen LogP contribution < -0.4 is 9.47 Å². The van der Waals surface area contributed by atoms with Crippen molar-refractivity contribution in [2.45, 2.75) is 39.0 Å². The van der Waals surface area contributed by atoms with Crippen LogP contribution >= 0.6 is 0 Å². The molecule has 3 rings (SSSR count). The number of benzene rings is 2. The second-order valence-corrected chi connectivity index (χ2v) is 8.13. The van der Waals surface area contributed by atoms with Crippen molar-refractivity contribution < 1.29 is 37.0 Å². The minimum absolute atomic E-state index is 0.417. The number of hydrogen-bond acceptors (Lipinski definition) is 4. The molecule has 0 aliphatic carbocycles. The van der Waals surface area contributed by atoms with Crippen molar-refractivity contribution in [3.63, 3.8) is 0 Å². The molecule has 3 aromatic rings. The van der Waals surface area contributed by atoms with Crippen molar-refractivity contribution in [2.24, 2.45) is 0 Å². The van der Waals surface area contributed by atoms with E-state index in [2.05, 4.69) is 0 Å². The Labute approximate surface area is 195 Å². The third-order valence-corrected chi connectivity index (χ3v) is 5.02. The Morgan fingerprint density at radius 1 is 1.03 bits per heavy atom. The van der Waals surface area contributed by atoms with Crippen LogP contribution in [0.2, 0.25) is 0 Å². The second kappa shape index (κ2) is 10.1. The van der Waals surface area contributed by atoms with Crippen LogP contribution in [0.1, 0.15) is 37.2 Å². The van der Waals surface area contributed by atoms with E-state index in [0.29, 0.717) is 41.6 Å². The molecular formula is C26H25F3O5. The lowest BCUT2D eigenvalue weighted by molar-refractivity contribution is -0.152. The summed E-state index contributed by atoms with van der Waals surface area (Å²) in [5, 5.41) is 9.12. The van der Waals surface area contributed by atoms with Crippen LogP contribution in [-0.2, 0) is 11.0 Å². The Morgan fingerprint density at radius 2 is 1.65 bits per heavy atom. The van der Waals surface area contributed by atoms with Crippen molar-refractivity contribution in [1.82, 2.24) is 0 Å². The average molecular weight is 474 g/mol. The maximum Gasteiger partial charge on any atom is 0.416 e. The Morgan fingerprint density at radius 3 is 2.24 bits per heavy atom. The fourth-order valence-corrected chi connectivity index (χ4v) is 3.02. The third kappa shape index (κ3) is 6.43. The molecule has 0 unspecified atom stereocenters. The predicted octanol–water partition coefficient (Wildman–Crippen LogP) is 7.00. The van der Waals surface area contributed by atoms with Gasteiger partial charge in [-0.1, -0.05) is 24.3 Å². The predicted molar refractivity (Wildman–Crippen MR) is 122 cm³/mol. The first-order valence-electron chi connectivity index (χ1n) is 10.6. The molecule has 0 saturated heterocycles. The van der Waals surface area contributed by atoms with E-state index in [9.17, 15) is 18.0 Å². The number of ether oxygens (including phenoxy) is 2. The summed E-state index contributed by atoms with van der Waals surface area (Å²) in [5.41, 5.74) is -0.633. The van der Waals surface area contributed by atoms with Gasteiger partial charge in [0.15, 0.2) is 5.60 Å². The first-order valence-corrected chi connectivity index (χ1v) is 10.6. The standard InChI is InChI=1S/C26H25F3O5/c1-17-19(16-23(33-17)18-7-9-20(10-8-18)26(27,28)29)6-4-5-15-32-21-11-13-22(14-12-21)34-25(2,3)24(30)31/h4,6-14,16H,5,15H2,1-3H3,(H,30,31)/b6-4+. The molecule has 1 heterocycles. The number of halogens is 3. The maximum absolute atomic E-state index is 12.7. The number of carbonyl (C=O) groups is 1. The molecular weight excluding hydrogens is 449 g/mol. The Balaban J connectivity index is 1.52. The van der Waals surface area contributed by atoms with Crippen molar-refractivity contribution in [3.05, 3.63) is 77.6 Å². The summed E-state index contributed by atoms with van der Waals surface area (Å²) in [7, 11) is 0. The first kappa shape index (κ1) is 25.0. The van der Waals surface area contributed by atoms with E-state index in [4.69, 9.17) is 19.0 Å². The normalized spacial score (nSPS) is 12.2. The average Bonchev–Trinajstić information content (AvgIpc) is 3.14. The van der Waals surface area contributed by atoms with E-state index < -0.39 is 23.3 Å². The number of aliphatic carboxylic acids is 1. The molecule has 0 radical (unpaired) electrons. The number of hydrogen-bond donors (Lipinski definition) is 1. The highest BCUT2D eigenvalue weighted by Gasteiger charge is 2.30. The Bertz CT molecular complexity index is 1140. The van der Waals surface area contributed by atoms with Gasteiger partial charge in [-0.3, -0.25) is 0 Å². The van der Waals surface area contributed by atoms with Gasteiger partial charge in [0, 0.05) is 11.1 Å². The van der Waals surface area contributed by atoms with E-state index in [1.165, 1.54) is 26.0 Å². The van der Waals surface area contributed by atoms with E-state index in [1.54, 1.807) is 37.3 Å². The van der Waals surface area contributed by atoms with Gasteiger partial charge in [-0.2, -0.15) is 13.2 Å². The lowest BCUT2D eigenvalue weighted by atomic mass is 10.1. The summed E-state index contributed by atoms with van der Waals surface area (Å²) in [6.45, 7) is 5.15. The molecule has 1 aromatic heterocycles. The number of alkyl halides is 3. The summed E-state index contributed by atoms with van der Waals surface area (Å²) in [4.78, 5) is 11.1.